The number of benzene rings is 3. The van der Waals surface area contributed by atoms with Gasteiger partial charge in [-0.2, -0.15) is 0 Å². The molecule has 0 radical (unpaired) electrons. The lowest BCUT2D eigenvalue weighted by atomic mass is 10.1. The molecule has 0 saturated heterocycles. The number of halogens is 1. The number of anilines is 1. The van der Waals surface area contributed by atoms with Gasteiger partial charge in [0, 0.05) is 15.6 Å². The molecule has 2 heterocycles. The van der Waals surface area contributed by atoms with Crippen LogP contribution in [0.15, 0.2) is 112 Å². The molecule has 0 spiro atoms. The first-order valence-corrected chi connectivity index (χ1v) is 11.1. The van der Waals surface area contributed by atoms with Crippen LogP contribution in [0, 0.1) is 6.92 Å². The minimum Gasteiger partial charge on any atom is -0.457 e. The normalized spacial score (nSPS) is 14.8. The molecule has 0 bridgehead atoms. The third kappa shape index (κ3) is 3.85. The van der Waals surface area contributed by atoms with Gasteiger partial charge in [-0.15, -0.1) is 0 Å². The average Bonchev–Trinajstić information content (AvgIpc) is 3.41. The van der Waals surface area contributed by atoms with E-state index in [0.717, 1.165) is 38.3 Å². The van der Waals surface area contributed by atoms with Crippen molar-refractivity contribution in [2.75, 3.05) is 4.90 Å². The summed E-state index contributed by atoms with van der Waals surface area (Å²) in [6, 6.07) is 29.7. The standard InChI is InChI=1S/C28H20BrNO2/c1-19-7-5-6-10-25(19)30-26(20-8-3-2-4-9-20)18-22(28(30)31)17-24-15-16-27(32-24)21-11-13-23(29)14-12-21/h2-18H,1H3/b22-17+. The highest BCUT2D eigenvalue weighted by atomic mass is 79.9. The summed E-state index contributed by atoms with van der Waals surface area (Å²) in [6.45, 7) is 2.02. The number of carbonyl (C=O) groups is 1. The summed E-state index contributed by atoms with van der Waals surface area (Å²) < 4.78 is 7.05. The third-order valence-electron chi connectivity index (χ3n) is 5.46. The molecule has 1 aromatic heterocycles. The van der Waals surface area contributed by atoms with Crippen LogP contribution in [0.2, 0.25) is 0 Å². The van der Waals surface area contributed by atoms with E-state index in [4.69, 9.17) is 4.42 Å². The van der Waals surface area contributed by atoms with Crippen molar-refractivity contribution >= 4 is 39.3 Å². The Morgan fingerprint density at radius 1 is 0.812 bits per heavy atom. The van der Waals surface area contributed by atoms with E-state index in [-0.39, 0.29) is 5.91 Å². The number of rotatable bonds is 4. The van der Waals surface area contributed by atoms with E-state index >= 15 is 0 Å². The summed E-state index contributed by atoms with van der Waals surface area (Å²) in [5, 5.41) is 0. The van der Waals surface area contributed by atoms with Crippen molar-refractivity contribution in [1.82, 2.24) is 0 Å². The summed E-state index contributed by atoms with van der Waals surface area (Å²) in [7, 11) is 0. The molecule has 4 aromatic rings. The van der Waals surface area contributed by atoms with Gasteiger partial charge in [0.15, 0.2) is 0 Å². The van der Waals surface area contributed by atoms with E-state index in [9.17, 15) is 4.79 Å². The lowest BCUT2D eigenvalue weighted by Crippen LogP contribution is -2.25. The van der Waals surface area contributed by atoms with Gasteiger partial charge >= 0.3 is 0 Å². The summed E-state index contributed by atoms with van der Waals surface area (Å²) >= 11 is 3.45. The fourth-order valence-electron chi connectivity index (χ4n) is 3.84. The molecule has 0 atom stereocenters. The summed E-state index contributed by atoms with van der Waals surface area (Å²) in [4.78, 5) is 15.3. The fourth-order valence-corrected chi connectivity index (χ4v) is 4.11. The number of carbonyl (C=O) groups excluding carboxylic acids is 1. The zero-order valence-corrected chi connectivity index (χ0v) is 19.0. The number of furan rings is 1. The number of hydrogen-bond acceptors (Lipinski definition) is 2. The minimum absolute atomic E-state index is 0.0697. The molecule has 0 unspecified atom stereocenters. The Hall–Kier alpha value is -3.63. The molecule has 1 aliphatic heterocycles. The van der Waals surface area contributed by atoms with Gasteiger partial charge in [0.2, 0.25) is 0 Å². The van der Waals surface area contributed by atoms with Gasteiger partial charge in [0.1, 0.15) is 11.5 Å². The molecule has 3 aromatic carbocycles. The first-order valence-electron chi connectivity index (χ1n) is 10.3. The minimum atomic E-state index is -0.0697. The second-order valence-corrected chi connectivity index (χ2v) is 8.55. The zero-order valence-electron chi connectivity index (χ0n) is 17.5. The Kier molecular flexibility index (Phi) is 5.38. The van der Waals surface area contributed by atoms with Crippen LogP contribution in [0.4, 0.5) is 5.69 Å². The second kappa shape index (κ2) is 8.48. The van der Waals surface area contributed by atoms with Crippen LogP contribution in [-0.4, -0.2) is 5.91 Å². The molecule has 4 heteroatoms. The maximum Gasteiger partial charge on any atom is 0.263 e. The van der Waals surface area contributed by atoms with Crippen molar-refractivity contribution in [1.29, 1.82) is 0 Å². The summed E-state index contributed by atoms with van der Waals surface area (Å²) in [6.07, 6.45) is 3.75. The van der Waals surface area contributed by atoms with Crippen molar-refractivity contribution in [2.45, 2.75) is 6.92 Å². The molecular formula is C28H20BrNO2. The van der Waals surface area contributed by atoms with Crippen LogP contribution in [-0.2, 0) is 4.79 Å². The van der Waals surface area contributed by atoms with Gasteiger partial charge in [-0.1, -0.05) is 76.6 Å². The molecule has 0 fully saturated rings. The van der Waals surface area contributed by atoms with Crippen molar-refractivity contribution in [3.05, 3.63) is 124 Å². The Bertz CT molecular complexity index is 1350. The highest BCUT2D eigenvalue weighted by Crippen LogP contribution is 2.37. The van der Waals surface area contributed by atoms with Gasteiger partial charge < -0.3 is 4.42 Å². The molecule has 156 valence electrons. The maximum atomic E-state index is 13.5. The molecule has 3 nitrogen and oxygen atoms in total. The lowest BCUT2D eigenvalue weighted by Gasteiger charge is -2.22. The number of nitrogens with zero attached hydrogens (tertiary/aromatic N) is 1. The van der Waals surface area contributed by atoms with Crippen molar-refractivity contribution in [2.24, 2.45) is 0 Å². The third-order valence-corrected chi connectivity index (χ3v) is 5.99. The predicted molar refractivity (Wildman–Crippen MR) is 133 cm³/mol. The Morgan fingerprint density at radius 3 is 2.28 bits per heavy atom. The Balaban J connectivity index is 1.55. The number of hydrogen-bond donors (Lipinski definition) is 0. The molecule has 5 rings (SSSR count). The van der Waals surface area contributed by atoms with Crippen molar-refractivity contribution in [3.63, 3.8) is 0 Å². The molecule has 32 heavy (non-hydrogen) atoms. The summed E-state index contributed by atoms with van der Waals surface area (Å²) in [5.41, 5.74) is 5.34. The van der Waals surface area contributed by atoms with Gasteiger partial charge in [-0.25, -0.2) is 0 Å². The molecule has 0 saturated carbocycles. The highest BCUT2D eigenvalue weighted by Gasteiger charge is 2.31. The lowest BCUT2D eigenvalue weighted by molar-refractivity contribution is -0.113. The van der Waals surface area contributed by atoms with Crippen LogP contribution in [0.25, 0.3) is 23.1 Å². The largest absolute Gasteiger partial charge is 0.457 e. The SMILES string of the molecule is Cc1ccccc1N1C(=O)/C(=C/c2ccc(-c3ccc(Br)cc3)o2)C=C1c1ccccc1. The van der Waals surface area contributed by atoms with Crippen LogP contribution in [0.3, 0.4) is 0 Å². The van der Waals surface area contributed by atoms with E-state index in [1.54, 1.807) is 4.90 Å². The quantitative estimate of drug-likeness (QED) is 0.283. The number of para-hydroxylation sites is 1. The molecule has 0 aliphatic carbocycles. The number of aryl methyl sites for hydroxylation is 1. The second-order valence-electron chi connectivity index (χ2n) is 7.63. The first kappa shape index (κ1) is 20.3. The Morgan fingerprint density at radius 2 is 1.53 bits per heavy atom. The van der Waals surface area contributed by atoms with E-state index in [0.29, 0.717) is 11.3 Å². The topological polar surface area (TPSA) is 33.5 Å². The van der Waals surface area contributed by atoms with Gasteiger partial charge in [-0.05, 0) is 60.5 Å². The first-order chi connectivity index (χ1) is 15.6. The van der Waals surface area contributed by atoms with E-state index in [1.807, 2.05) is 110 Å². The average molecular weight is 482 g/mol. The number of amides is 1. The van der Waals surface area contributed by atoms with E-state index in [2.05, 4.69) is 15.9 Å². The van der Waals surface area contributed by atoms with Crippen LogP contribution >= 0.6 is 15.9 Å². The maximum absolute atomic E-state index is 13.5. The van der Waals surface area contributed by atoms with Crippen LogP contribution in [0.5, 0.6) is 0 Å². The molecule has 1 amide bonds. The van der Waals surface area contributed by atoms with Gasteiger partial charge in [0.25, 0.3) is 5.91 Å². The predicted octanol–water partition coefficient (Wildman–Crippen LogP) is 7.49. The monoisotopic (exact) mass is 481 g/mol. The van der Waals surface area contributed by atoms with E-state index in [1.165, 1.54) is 0 Å². The highest BCUT2D eigenvalue weighted by molar-refractivity contribution is 9.10. The van der Waals surface area contributed by atoms with Crippen molar-refractivity contribution < 1.29 is 9.21 Å². The Labute approximate surface area is 195 Å². The van der Waals surface area contributed by atoms with Crippen molar-refractivity contribution in [3.8, 4) is 11.3 Å². The summed E-state index contributed by atoms with van der Waals surface area (Å²) in [5.74, 6) is 1.33. The van der Waals surface area contributed by atoms with E-state index < -0.39 is 0 Å². The van der Waals surface area contributed by atoms with Crippen LogP contribution in [0.1, 0.15) is 16.9 Å². The molecule has 0 N–H and O–H groups in total. The smallest absolute Gasteiger partial charge is 0.263 e. The molecular weight excluding hydrogens is 462 g/mol. The fraction of sp³-hybridized carbons (Fsp3) is 0.0357. The molecule has 1 aliphatic rings. The van der Waals surface area contributed by atoms with Gasteiger partial charge in [-0.3, -0.25) is 9.69 Å². The van der Waals surface area contributed by atoms with Crippen LogP contribution < -0.4 is 4.90 Å². The zero-order chi connectivity index (χ0) is 22.1. The van der Waals surface area contributed by atoms with Gasteiger partial charge in [0.05, 0.1) is 11.4 Å².